The van der Waals surface area contributed by atoms with Gasteiger partial charge < -0.3 is 4.42 Å². The van der Waals surface area contributed by atoms with E-state index in [0.29, 0.717) is 0 Å². The highest BCUT2D eigenvalue weighted by atomic mass is 32.2. The number of aromatic nitrogens is 3. The number of hydrogen-bond donors (Lipinski definition) is 0. The van der Waals surface area contributed by atoms with Crippen LogP contribution in [0, 0.1) is 13.8 Å². The first-order valence-electron chi connectivity index (χ1n) is 6.69. The van der Waals surface area contributed by atoms with Crippen molar-refractivity contribution in [1.82, 2.24) is 19.9 Å². The van der Waals surface area contributed by atoms with E-state index in [0.717, 1.165) is 48.6 Å². The highest BCUT2D eigenvalue weighted by molar-refractivity contribution is 7.98. The summed E-state index contributed by atoms with van der Waals surface area (Å²) in [6.45, 7) is 6.58. The molecule has 0 saturated heterocycles. The maximum absolute atomic E-state index is 5.49. The number of aryl methyl sites for hydroxylation is 2. The van der Waals surface area contributed by atoms with Crippen LogP contribution < -0.4 is 0 Å². The van der Waals surface area contributed by atoms with Crippen LogP contribution in [0.1, 0.15) is 28.6 Å². The van der Waals surface area contributed by atoms with Crippen LogP contribution in [-0.2, 0) is 19.5 Å². The Bertz CT molecular complexity index is 626. The number of thioether (sulfide) groups is 1. The Morgan fingerprint density at radius 1 is 1.35 bits per heavy atom. The summed E-state index contributed by atoms with van der Waals surface area (Å²) in [5.41, 5.74) is 3.45. The highest BCUT2D eigenvalue weighted by Crippen LogP contribution is 2.21. The van der Waals surface area contributed by atoms with Crippen molar-refractivity contribution in [2.45, 2.75) is 38.5 Å². The number of oxazole rings is 1. The first-order valence-corrected chi connectivity index (χ1v) is 7.92. The van der Waals surface area contributed by atoms with Crippen LogP contribution in [-0.4, -0.2) is 32.7 Å². The summed E-state index contributed by atoms with van der Waals surface area (Å²) in [5, 5.41) is 0.861. The van der Waals surface area contributed by atoms with E-state index in [1.54, 1.807) is 11.8 Å². The SMILES string of the molecule is CSc1ncc2c(n1)CCN(Cc1nc(C)oc1C)C2. The van der Waals surface area contributed by atoms with Crippen molar-refractivity contribution in [3.8, 4) is 0 Å². The Hall–Kier alpha value is -1.40. The average Bonchev–Trinajstić information content (AvgIpc) is 2.76. The maximum Gasteiger partial charge on any atom is 0.191 e. The Labute approximate surface area is 122 Å². The smallest absolute Gasteiger partial charge is 0.191 e. The Kier molecular flexibility index (Phi) is 3.76. The molecule has 0 atom stereocenters. The minimum atomic E-state index is 0.739. The summed E-state index contributed by atoms with van der Waals surface area (Å²) < 4.78 is 5.49. The molecular formula is C14H18N4OS. The van der Waals surface area contributed by atoms with Crippen molar-refractivity contribution in [1.29, 1.82) is 0 Å². The van der Waals surface area contributed by atoms with Gasteiger partial charge in [-0.1, -0.05) is 11.8 Å². The van der Waals surface area contributed by atoms with Gasteiger partial charge in [-0.25, -0.2) is 15.0 Å². The maximum atomic E-state index is 5.49. The molecule has 0 N–H and O–H groups in total. The fraction of sp³-hybridized carbons (Fsp3) is 0.500. The van der Waals surface area contributed by atoms with Gasteiger partial charge in [0.05, 0.1) is 11.4 Å². The molecule has 3 heterocycles. The summed E-state index contributed by atoms with van der Waals surface area (Å²) in [6, 6.07) is 0. The Balaban J connectivity index is 1.74. The van der Waals surface area contributed by atoms with Gasteiger partial charge in [0.15, 0.2) is 11.0 Å². The molecule has 0 fully saturated rings. The molecule has 20 heavy (non-hydrogen) atoms. The molecule has 0 spiro atoms. The minimum absolute atomic E-state index is 0.739. The zero-order valence-corrected chi connectivity index (χ0v) is 12.8. The van der Waals surface area contributed by atoms with Gasteiger partial charge in [0.2, 0.25) is 0 Å². The third-order valence-electron chi connectivity index (χ3n) is 3.55. The fourth-order valence-electron chi connectivity index (χ4n) is 2.52. The standard InChI is InChI=1S/C14H18N4OS/c1-9-13(16-10(2)19-9)8-18-5-4-12-11(7-18)6-15-14(17-12)20-3/h6H,4-5,7-8H2,1-3H3. The number of rotatable bonds is 3. The van der Waals surface area contributed by atoms with Gasteiger partial charge in [-0.05, 0) is 13.2 Å². The first kappa shape index (κ1) is 13.6. The third kappa shape index (κ3) is 2.71. The molecule has 3 rings (SSSR count). The quantitative estimate of drug-likeness (QED) is 0.639. The van der Waals surface area contributed by atoms with E-state index >= 15 is 0 Å². The predicted molar refractivity (Wildman–Crippen MR) is 77.6 cm³/mol. The zero-order valence-electron chi connectivity index (χ0n) is 12.0. The summed E-state index contributed by atoms with van der Waals surface area (Å²) in [6.07, 6.45) is 4.94. The second-order valence-corrected chi connectivity index (χ2v) is 5.80. The molecule has 1 aliphatic rings. The highest BCUT2D eigenvalue weighted by Gasteiger charge is 2.20. The van der Waals surface area contributed by atoms with Crippen LogP contribution in [0.5, 0.6) is 0 Å². The van der Waals surface area contributed by atoms with Crippen LogP contribution >= 0.6 is 11.8 Å². The van der Waals surface area contributed by atoms with Crippen molar-refractivity contribution < 1.29 is 4.42 Å². The Morgan fingerprint density at radius 3 is 2.90 bits per heavy atom. The van der Waals surface area contributed by atoms with Gasteiger partial charge in [0.25, 0.3) is 0 Å². The lowest BCUT2D eigenvalue weighted by molar-refractivity contribution is 0.238. The van der Waals surface area contributed by atoms with Crippen molar-refractivity contribution in [2.24, 2.45) is 0 Å². The summed E-state index contributed by atoms with van der Waals surface area (Å²) in [5.74, 6) is 1.66. The van der Waals surface area contributed by atoms with Crippen LogP contribution in [0.3, 0.4) is 0 Å². The molecule has 0 radical (unpaired) electrons. The van der Waals surface area contributed by atoms with Crippen LogP contribution in [0.2, 0.25) is 0 Å². The van der Waals surface area contributed by atoms with Crippen molar-refractivity contribution in [3.63, 3.8) is 0 Å². The largest absolute Gasteiger partial charge is 0.446 e. The molecule has 1 aliphatic heterocycles. The molecule has 106 valence electrons. The molecular weight excluding hydrogens is 272 g/mol. The van der Waals surface area contributed by atoms with Crippen molar-refractivity contribution in [3.05, 3.63) is 34.8 Å². The normalized spacial score (nSPS) is 15.3. The minimum Gasteiger partial charge on any atom is -0.446 e. The summed E-state index contributed by atoms with van der Waals surface area (Å²) >= 11 is 1.59. The second-order valence-electron chi connectivity index (χ2n) is 5.03. The molecule has 0 bridgehead atoms. The fourth-order valence-corrected chi connectivity index (χ4v) is 2.88. The van der Waals surface area contributed by atoms with Gasteiger partial charge in [-0.2, -0.15) is 0 Å². The lowest BCUT2D eigenvalue weighted by atomic mass is 10.1. The monoisotopic (exact) mass is 290 g/mol. The van der Waals surface area contributed by atoms with Crippen molar-refractivity contribution >= 4 is 11.8 Å². The molecule has 5 nitrogen and oxygen atoms in total. The molecule has 0 aliphatic carbocycles. The molecule has 2 aromatic heterocycles. The number of fused-ring (bicyclic) bond motifs is 1. The van der Waals surface area contributed by atoms with E-state index in [-0.39, 0.29) is 0 Å². The summed E-state index contributed by atoms with van der Waals surface area (Å²) in [7, 11) is 0. The van der Waals surface area contributed by atoms with E-state index in [1.807, 2.05) is 26.3 Å². The van der Waals surface area contributed by atoms with Gasteiger partial charge >= 0.3 is 0 Å². The molecule has 0 saturated carbocycles. The molecule has 0 amide bonds. The van der Waals surface area contributed by atoms with E-state index in [4.69, 9.17) is 4.42 Å². The lowest BCUT2D eigenvalue weighted by Gasteiger charge is -2.27. The Morgan fingerprint density at radius 2 is 2.20 bits per heavy atom. The first-order chi connectivity index (χ1) is 9.65. The predicted octanol–water partition coefficient (Wildman–Crippen LogP) is 2.36. The second kappa shape index (κ2) is 5.54. The van der Waals surface area contributed by atoms with Crippen LogP contribution in [0.15, 0.2) is 15.8 Å². The van der Waals surface area contributed by atoms with Gasteiger partial charge in [0.1, 0.15) is 5.76 Å². The van der Waals surface area contributed by atoms with E-state index in [2.05, 4.69) is 19.9 Å². The van der Waals surface area contributed by atoms with Crippen molar-refractivity contribution in [2.75, 3.05) is 12.8 Å². The molecule has 0 aromatic carbocycles. The topological polar surface area (TPSA) is 55.1 Å². The number of nitrogens with zero attached hydrogens (tertiary/aromatic N) is 4. The lowest BCUT2D eigenvalue weighted by Crippen LogP contribution is -2.31. The number of hydrogen-bond acceptors (Lipinski definition) is 6. The molecule has 2 aromatic rings. The third-order valence-corrected chi connectivity index (χ3v) is 4.11. The van der Waals surface area contributed by atoms with E-state index in [1.165, 1.54) is 11.3 Å². The van der Waals surface area contributed by atoms with Gasteiger partial charge in [-0.3, -0.25) is 4.90 Å². The van der Waals surface area contributed by atoms with E-state index < -0.39 is 0 Å². The average molecular weight is 290 g/mol. The van der Waals surface area contributed by atoms with Crippen LogP contribution in [0.25, 0.3) is 0 Å². The zero-order chi connectivity index (χ0) is 14.1. The molecule has 0 unspecified atom stereocenters. The van der Waals surface area contributed by atoms with E-state index in [9.17, 15) is 0 Å². The van der Waals surface area contributed by atoms with Crippen LogP contribution in [0.4, 0.5) is 0 Å². The summed E-state index contributed by atoms with van der Waals surface area (Å²) in [4.78, 5) is 15.8. The van der Waals surface area contributed by atoms with Gasteiger partial charge in [-0.15, -0.1) is 0 Å². The van der Waals surface area contributed by atoms with Gasteiger partial charge in [0, 0.05) is 44.7 Å². The molecule has 6 heteroatoms.